The van der Waals surface area contributed by atoms with Crippen molar-refractivity contribution in [3.63, 3.8) is 0 Å². The standard InChI is InChI=1S/C34H32N6O3/c1-22-5-4-14-35-31(22)34(43)37-26-7-3-6-23(19-26)32(41)24-8-13-28-29(33(42)38-30(28)20-24)21-36-25-9-11-27(12-10-25)40-17-15-39(2)16-18-40/h3-14,19-21,38,42H,15-18H2,1-2H3,(H,37,43). The van der Waals surface area contributed by atoms with Crippen molar-refractivity contribution in [1.82, 2.24) is 14.9 Å². The summed E-state index contributed by atoms with van der Waals surface area (Å²) in [6, 6.07) is 23.7. The second-order valence-corrected chi connectivity index (χ2v) is 10.7. The van der Waals surface area contributed by atoms with Crippen LogP contribution in [-0.2, 0) is 0 Å². The Morgan fingerprint density at radius 2 is 1.72 bits per heavy atom. The number of aliphatic imine (C=N–C) groups is 1. The molecule has 1 aliphatic rings. The molecule has 43 heavy (non-hydrogen) atoms. The lowest BCUT2D eigenvalue weighted by Crippen LogP contribution is -2.44. The average molecular weight is 573 g/mol. The number of pyridine rings is 1. The topological polar surface area (TPSA) is 114 Å². The maximum Gasteiger partial charge on any atom is 0.274 e. The minimum atomic E-state index is -0.342. The van der Waals surface area contributed by atoms with Gasteiger partial charge in [0.2, 0.25) is 0 Å². The van der Waals surface area contributed by atoms with Gasteiger partial charge in [0.1, 0.15) is 5.69 Å². The third-order valence-electron chi connectivity index (χ3n) is 7.75. The number of hydrogen-bond acceptors (Lipinski definition) is 7. The number of piperazine rings is 1. The molecule has 0 spiro atoms. The monoisotopic (exact) mass is 572 g/mol. The molecule has 1 fully saturated rings. The summed E-state index contributed by atoms with van der Waals surface area (Å²) in [5.41, 5.74) is 5.58. The molecular formula is C34H32N6O3. The van der Waals surface area contributed by atoms with Crippen LogP contribution in [0.25, 0.3) is 10.9 Å². The Balaban J connectivity index is 1.17. The van der Waals surface area contributed by atoms with E-state index in [2.05, 4.69) is 49.3 Å². The number of carbonyl (C=O) groups excluding carboxylic acids is 2. The number of likely N-dealkylation sites (N-methyl/N-ethyl adjacent to an activating group) is 1. The molecule has 5 aromatic rings. The highest BCUT2D eigenvalue weighted by molar-refractivity contribution is 6.13. The molecule has 3 heterocycles. The first-order chi connectivity index (χ1) is 20.9. The molecule has 3 aromatic carbocycles. The van der Waals surface area contributed by atoms with Crippen molar-refractivity contribution in [2.24, 2.45) is 4.99 Å². The number of nitrogens with zero attached hydrogens (tertiary/aromatic N) is 4. The predicted octanol–water partition coefficient (Wildman–Crippen LogP) is 5.56. The van der Waals surface area contributed by atoms with Crippen LogP contribution in [0.2, 0.25) is 0 Å². The van der Waals surface area contributed by atoms with E-state index >= 15 is 0 Å². The number of carbonyl (C=O) groups is 2. The van der Waals surface area contributed by atoms with Gasteiger partial charge in [-0.15, -0.1) is 0 Å². The van der Waals surface area contributed by atoms with Gasteiger partial charge in [0.25, 0.3) is 5.91 Å². The molecule has 1 aliphatic heterocycles. The van der Waals surface area contributed by atoms with Gasteiger partial charge in [0.15, 0.2) is 11.7 Å². The van der Waals surface area contributed by atoms with Crippen molar-refractivity contribution >= 4 is 45.9 Å². The van der Waals surface area contributed by atoms with Crippen molar-refractivity contribution in [1.29, 1.82) is 0 Å². The van der Waals surface area contributed by atoms with E-state index in [9.17, 15) is 14.7 Å². The second-order valence-electron chi connectivity index (χ2n) is 10.7. The van der Waals surface area contributed by atoms with Gasteiger partial charge in [0.05, 0.1) is 11.3 Å². The molecule has 0 aliphatic carbocycles. The molecule has 6 rings (SSSR count). The third-order valence-corrected chi connectivity index (χ3v) is 7.75. The SMILES string of the molecule is Cc1cccnc1C(=O)Nc1cccc(C(=O)c2ccc3c(C=Nc4ccc(N5CCN(C)CC5)cc4)c(O)[nH]c3c2)c1. The fourth-order valence-electron chi connectivity index (χ4n) is 5.25. The van der Waals surface area contributed by atoms with Gasteiger partial charge >= 0.3 is 0 Å². The Labute approximate surface area is 249 Å². The summed E-state index contributed by atoms with van der Waals surface area (Å²) in [7, 11) is 2.14. The Bertz CT molecular complexity index is 1840. The number of rotatable bonds is 7. The van der Waals surface area contributed by atoms with Crippen molar-refractivity contribution in [2.75, 3.05) is 43.4 Å². The molecule has 3 N–H and O–H groups in total. The number of amides is 1. The highest BCUT2D eigenvalue weighted by Crippen LogP contribution is 2.29. The van der Waals surface area contributed by atoms with Crippen molar-refractivity contribution in [2.45, 2.75) is 6.92 Å². The number of nitrogens with one attached hydrogen (secondary N) is 2. The van der Waals surface area contributed by atoms with E-state index in [-0.39, 0.29) is 17.6 Å². The number of H-pyrrole nitrogens is 1. The molecule has 0 unspecified atom stereocenters. The van der Waals surface area contributed by atoms with Crippen molar-refractivity contribution in [3.05, 3.63) is 113 Å². The second kappa shape index (κ2) is 11.9. The molecule has 9 heteroatoms. The van der Waals surface area contributed by atoms with Crippen molar-refractivity contribution < 1.29 is 14.7 Å². The summed E-state index contributed by atoms with van der Waals surface area (Å²) in [5, 5.41) is 14.2. The lowest BCUT2D eigenvalue weighted by atomic mass is 10.0. The number of hydrogen-bond donors (Lipinski definition) is 3. The molecule has 0 saturated carbocycles. The number of benzene rings is 3. The van der Waals surface area contributed by atoms with Crippen LogP contribution in [0, 0.1) is 6.92 Å². The highest BCUT2D eigenvalue weighted by Gasteiger charge is 2.17. The largest absolute Gasteiger partial charge is 0.494 e. The lowest BCUT2D eigenvalue weighted by Gasteiger charge is -2.34. The quantitative estimate of drug-likeness (QED) is 0.174. The van der Waals surface area contributed by atoms with Crippen LogP contribution in [0.5, 0.6) is 5.88 Å². The number of aromatic nitrogens is 2. The zero-order chi connectivity index (χ0) is 29.9. The van der Waals surface area contributed by atoms with Crippen LogP contribution in [0.3, 0.4) is 0 Å². The summed E-state index contributed by atoms with van der Waals surface area (Å²) < 4.78 is 0. The van der Waals surface area contributed by atoms with E-state index in [1.54, 1.807) is 60.9 Å². The number of aromatic amines is 1. The highest BCUT2D eigenvalue weighted by atomic mass is 16.3. The predicted molar refractivity (Wildman–Crippen MR) is 170 cm³/mol. The number of aromatic hydroxyl groups is 1. The summed E-state index contributed by atoms with van der Waals surface area (Å²) in [4.78, 5) is 42.5. The Hall–Kier alpha value is -5.28. The van der Waals surface area contributed by atoms with Gasteiger partial charge in [-0.2, -0.15) is 0 Å². The molecule has 0 radical (unpaired) electrons. The van der Waals surface area contributed by atoms with Gasteiger partial charge < -0.3 is 25.2 Å². The van der Waals surface area contributed by atoms with Crippen LogP contribution < -0.4 is 10.2 Å². The molecular weight excluding hydrogens is 540 g/mol. The van der Waals surface area contributed by atoms with Gasteiger partial charge in [-0.05, 0) is 68.1 Å². The molecule has 0 bridgehead atoms. The van der Waals surface area contributed by atoms with Crippen LogP contribution >= 0.6 is 0 Å². The van der Waals surface area contributed by atoms with E-state index in [0.29, 0.717) is 33.6 Å². The first kappa shape index (κ1) is 27.9. The molecule has 2 aromatic heterocycles. The van der Waals surface area contributed by atoms with Crippen LogP contribution in [-0.4, -0.2) is 71.1 Å². The number of anilines is 2. The summed E-state index contributed by atoms with van der Waals surface area (Å²) in [6.07, 6.45) is 3.20. The maximum absolute atomic E-state index is 13.4. The minimum absolute atomic E-state index is 0.0214. The average Bonchev–Trinajstić information content (AvgIpc) is 3.34. The Morgan fingerprint density at radius 1 is 0.953 bits per heavy atom. The number of fused-ring (bicyclic) bond motifs is 1. The Kier molecular flexibility index (Phi) is 7.72. The van der Waals surface area contributed by atoms with E-state index in [1.165, 1.54) is 5.69 Å². The molecule has 9 nitrogen and oxygen atoms in total. The Morgan fingerprint density at radius 3 is 2.49 bits per heavy atom. The summed E-state index contributed by atoms with van der Waals surface area (Å²) in [5.74, 6) is -0.574. The molecule has 216 valence electrons. The van der Waals surface area contributed by atoms with Gasteiger partial charge in [0, 0.05) is 72.0 Å². The summed E-state index contributed by atoms with van der Waals surface area (Å²) in [6.45, 7) is 5.91. The van der Waals surface area contributed by atoms with E-state index < -0.39 is 0 Å². The molecule has 0 atom stereocenters. The normalized spacial score (nSPS) is 14.0. The van der Waals surface area contributed by atoms with E-state index in [1.807, 2.05) is 25.1 Å². The number of ketones is 1. The van der Waals surface area contributed by atoms with Gasteiger partial charge in [-0.1, -0.05) is 30.3 Å². The van der Waals surface area contributed by atoms with Crippen LogP contribution in [0.4, 0.5) is 17.1 Å². The van der Waals surface area contributed by atoms with Gasteiger partial charge in [-0.25, -0.2) is 0 Å². The maximum atomic E-state index is 13.4. The molecule has 1 amide bonds. The summed E-state index contributed by atoms with van der Waals surface area (Å²) >= 11 is 0. The molecule has 1 saturated heterocycles. The first-order valence-corrected chi connectivity index (χ1v) is 14.2. The minimum Gasteiger partial charge on any atom is -0.494 e. The van der Waals surface area contributed by atoms with E-state index in [4.69, 9.17) is 0 Å². The van der Waals surface area contributed by atoms with Gasteiger partial charge in [-0.3, -0.25) is 19.6 Å². The first-order valence-electron chi connectivity index (χ1n) is 14.2. The van der Waals surface area contributed by atoms with Crippen LogP contribution in [0.1, 0.15) is 37.5 Å². The smallest absolute Gasteiger partial charge is 0.274 e. The fraction of sp³-hybridized carbons (Fsp3) is 0.176. The third kappa shape index (κ3) is 6.02. The fourth-order valence-corrected chi connectivity index (χ4v) is 5.25. The van der Waals surface area contributed by atoms with Crippen molar-refractivity contribution in [3.8, 4) is 5.88 Å². The zero-order valence-corrected chi connectivity index (χ0v) is 24.0. The zero-order valence-electron chi connectivity index (χ0n) is 24.0. The van der Waals surface area contributed by atoms with E-state index in [0.717, 1.165) is 42.8 Å². The van der Waals surface area contributed by atoms with Crippen LogP contribution in [0.15, 0.2) is 90.1 Å². The lowest BCUT2D eigenvalue weighted by molar-refractivity contribution is 0.101. The number of aryl methyl sites for hydroxylation is 1.